The van der Waals surface area contributed by atoms with Crippen LogP contribution in [0.25, 0.3) is 0 Å². The summed E-state index contributed by atoms with van der Waals surface area (Å²) in [4.78, 5) is 19.1. The van der Waals surface area contributed by atoms with E-state index in [2.05, 4.69) is 22.0 Å². The lowest BCUT2D eigenvalue weighted by Gasteiger charge is -2.34. The largest absolute Gasteiger partial charge is 0.342 e. The van der Waals surface area contributed by atoms with Gasteiger partial charge in [-0.25, -0.2) is 0 Å². The fraction of sp³-hybridized carbons (Fsp3) is 0.667. The number of nitrogens with zero attached hydrogens (tertiary/aromatic N) is 2. The molecule has 1 aliphatic carbocycles. The molecule has 2 heterocycles. The minimum absolute atomic E-state index is 0.324. The first-order chi connectivity index (χ1) is 10.2. The number of rotatable bonds is 3. The molecule has 1 aromatic rings. The summed E-state index contributed by atoms with van der Waals surface area (Å²) in [5.74, 6) is 1.36. The first-order valence-corrected chi connectivity index (χ1v) is 8.42. The Labute approximate surface area is 127 Å². The Balaban J connectivity index is 1.57. The molecule has 114 valence electrons. The van der Waals surface area contributed by atoms with Gasteiger partial charge in [0.25, 0.3) is 0 Å². The van der Waals surface area contributed by atoms with Crippen molar-refractivity contribution in [2.75, 3.05) is 13.1 Å². The summed E-state index contributed by atoms with van der Waals surface area (Å²) in [7, 11) is 0. The number of piperidine rings is 1. The first-order valence-electron chi connectivity index (χ1n) is 8.42. The minimum atomic E-state index is 0.324. The van der Waals surface area contributed by atoms with E-state index in [4.69, 9.17) is 0 Å². The highest BCUT2D eigenvalue weighted by Crippen LogP contribution is 2.29. The molecule has 2 fully saturated rings. The van der Waals surface area contributed by atoms with E-state index in [0.29, 0.717) is 17.7 Å². The van der Waals surface area contributed by atoms with Crippen LogP contribution >= 0.6 is 0 Å². The van der Waals surface area contributed by atoms with Crippen LogP contribution in [0.2, 0.25) is 0 Å². The zero-order valence-electron chi connectivity index (χ0n) is 13.1. The molecule has 2 aliphatic rings. The molecule has 1 saturated carbocycles. The van der Waals surface area contributed by atoms with Crippen LogP contribution in [0.4, 0.5) is 0 Å². The van der Waals surface area contributed by atoms with Crippen LogP contribution in [0.5, 0.6) is 0 Å². The summed E-state index contributed by atoms with van der Waals surface area (Å²) in [5.41, 5.74) is 2.38. The van der Waals surface area contributed by atoms with E-state index in [-0.39, 0.29) is 0 Å². The molecule has 3 heteroatoms. The number of carbonyl (C=O) groups is 1. The van der Waals surface area contributed by atoms with Gasteiger partial charge in [0.1, 0.15) is 0 Å². The molecule has 1 amide bonds. The van der Waals surface area contributed by atoms with Crippen LogP contribution in [0.3, 0.4) is 0 Å². The summed E-state index contributed by atoms with van der Waals surface area (Å²) in [6.07, 6.45) is 10.1. The zero-order valence-corrected chi connectivity index (χ0v) is 13.1. The number of hydrogen-bond acceptors (Lipinski definition) is 2. The lowest BCUT2D eigenvalue weighted by Crippen LogP contribution is -2.43. The van der Waals surface area contributed by atoms with Gasteiger partial charge in [0, 0.05) is 30.9 Å². The fourth-order valence-electron chi connectivity index (χ4n) is 3.82. The molecule has 0 aromatic carbocycles. The van der Waals surface area contributed by atoms with Crippen molar-refractivity contribution in [2.24, 2.45) is 11.8 Å². The molecule has 0 N–H and O–H groups in total. The predicted molar refractivity (Wildman–Crippen MR) is 83.9 cm³/mol. The van der Waals surface area contributed by atoms with Gasteiger partial charge in [0.2, 0.25) is 5.91 Å². The van der Waals surface area contributed by atoms with Crippen molar-refractivity contribution < 1.29 is 4.79 Å². The van der Waals surface area contributed by atoms with Crippen molar-refractivity contribution >= 4 is 5.91 Å². The average Bonchev–Trinajstić information content (AvgIpc) is 3.03. The molecule has 0 radical (unpaired) electrons. The van der Waals surface area contributed by atoms with Crippen LogP contribution in [-0.2, 0) is 11.2 Å². The maximum Gasteiger partial charge on any atom is 0.225 e. The second-order valence-electron chi connectivity index (χ2n) is 6.79. The minimum Gasteiger partial charge on any atom is -0.342 e. The maximum atomic E-state index is 12.6. The van der Waals surface area contributed by atoms with Crippen molar-refractivity contribution in [1.82, 2.24) is 9.88 Å². The van der Waals surface area contributed by atoms with Crippen molar-refractivity contribution in [2.45, 2.75) is 51.9 Å². The molecular weight excluding hydrogens is 260 g/mol. The maximum absolute atomic E-state index is 12.6. The monoisotopic (exact) mass is 286 g/mol. The molecule has 0 bridgehead atoms. The summed E-state index contributed by atoms with van der Waals surface area (Å²) in [6.45, 7) is 3.94. The standard InChI is InChI=1S/C18H26N2O/c1-14-8-9-15(12-19-14)11-16-5-4-10-20(13-16)18(21)17-6-2-3-7-17/h8-9,12,16-17H,2-7,10-11,13H2,1H3/t16-/m1/s1. The van der Waals surface area contributed by atoms with Crippen LogP contribution in [0.15, 0.2) is 18.3 Å². The molecule has 1 aliphatic heterocycles. The lowest BCUT2D eigenvalue weighted by molar-refractivity contribution is -0.137. The third kappa shape index (κ3) is 3.63. The molecule has 21 heavy (non-hydrogen) atoms. The quantitative estimate of drug-likeness (QED) is 0.853. The van der Waals surface area contributed by atoms with Gasteiger partial charge in [0.05, 0.1) is 0 Å². The van der Waals surface area contributed by atoms with Gasteiger partial charge in [-0.15, -0.1) is 0 Å². The molecule has 1 atom stereocenters. The topological polar surface area (TPSA) is 33.2 Å². The zero-order chi connectivity index (χ0) is 14.7. The predicted octanol–water partition coefficient (Wildman–Crippen LogP) is 3.36. The fourth-order valence-corrected chi connectivity index (χ4v) is 3.82. The van der Waals surface area contributed by atoms with Crippen LogP contribution < -0.4 is 0 Å². The van der Waals surface area contributed by atoms with Crippen molar-refractivity contribution in [3.8, 4) is 0 Å². The van der Waals surface area contributed by atoms with Crippen LogP contribution in [0.1, 0.15) is 49.8 Å². The van der Waals surface area contributed by atoms with Gasteiger partial charge < -0.3 is 4.90 Å². The van der Waals surface area contributed by atoms with E-state index in [0.717, 1.165) is 44.5 Å². The number of hydrogen-bond donors (Lipinski definition) is 0. The van der Waals surface area contributed by atoms with E-state index in [1.807, 2.05) is 13.1 Å². The van der Waals surface area contributed by atoms with E-state index < -0.39 is 0 Å². The summed E-state index contributed by atoms with van der Waals surface area (Å²) in [5, 5.41) is 0. The number of amides is 1. The Hall–Kier alpha value is -1.38. The second kappa shape index (κ2) is 6.59. The van der Waals surface area contributed by atoms with Gasteiger partial charge in [0.15, 0.2) is 0 Å². The lowest BCUT2D eigenvalue weighted by atomic mass is 9.91. The third-order valence-electron chi connectivity index (χ3n) is 5.03. The average molecular weight is 286 g/mol. The van der Waals surface area contributed by atoms with E-state index in [1.165, 1.54) is 24.8 Å². The van der Waals surface area contributed by atoms with Gasteiger partial charge in [-0.05, 0) is 56.6 Å². The number of pyridine rings is 1. The van der Waals surface area contributed by atoms with Gasteiger partial charge >= 0.3 is 0 Å². The molecule has 3 nitrogen and oxygen atoms in total. The van der Waals surface area contributed by atoms with Crippen molar-refractivity contribution in [1.29, 1.82) is 0 Å². The highest BCUT2D eigenvalue weighted by molar-refractivity contribution is 5.79. The molecule has 3 rings (SSSR count). The molecule has 1 saturated heterocycles. The van der Waals surface area contributed by atoms with E-state index in [1.54, 1.807) is 0 Å². The van der Waals surface area contributed by atoms with Gasteiger partial charge in [-0.2, -0.15) is 0 Å². The number of carbonyl (C=O) groups excluding carboxylic acids is 1. The highest BCUT2D eigenvalue weighted by Gasteiger charge is 2.30. The Kier molecular flexibility index (Phi) is 4.57. The molecule has 0 spiro atoms. The summed E-state index contributed by atoms with van der Waals surface area (Å²) < 4.78 is 0. The molecular formula is C18H26N2O. The Morgan fingerprint density at radius 2 is 2.05 bits per heavy atom. The molecule has 0 unspecified atom stereocenters. The number of aromatic nitrogens is 1. The highest BCUT2D eigenvalue weighted by atomic mass is 16.2. The van der Waals surface area contributed by atoms with Crippen LogP contribution in [0, 0.1) is 18.8 Å². The van der Waals surface area contributed by atoms with Crippen molar-refractivity contribution in [3.63, 3.8) is 0 Å². The first kappa shape index (κ1) is 14.6. The van der Waals surface area contributed by atoms with E-state index in [9.17, 15) is 4.79 Å². The third-order valence-corrected chi connectivity index (χ3v) is 5.03. The molecule has 1 aromatic heterocycles. The Morgan fingerprint density at radius 3 is 2.76 bits per heavy atom. The second-order valence-corrected chi connectivity index (χ2v) is 6.79. The van der Waals surface area contributed by atoms with Crippen molar-refractivity contribution in [3.05, 3.63) is 29.6 Å². The SMILES string of the molecule is Cc1ccc(C[C@H]2CCCN(C(=O)C3CCCC3)C2)cn1. The van der Waals surface area contributed by atoms with Crippen LogP contribution in [-0.4, -0.2) is 28.9 Å². The number of aryl methyl sites for hydroxylation is 1. The normalized spacial score (nSPS) is 23.5. The summed E-state index contributed by atoms with van der Waals surface area (Å²) in [6, 6.07) is 4.26. The van der Waals surface area contributed by atoms with Gasteiger partial charge in [-0.3, -0.25) is 9.78 Å². The smallest absolute Gasteiger partial charge is 0.225 e. The summed E-state index contributed by atoms with van der Waals surface area (Å²) >= 11 is 0. The van der Waals surface area contributed by atoms with Gasteiger partial charge in [-0.1, -0.05) is 18.9 Å². The Morgan fingerprint density at radius 1 is 1.24 bits per heavy atom. The van der Waals surface area contributed by atoms with E-state index >= 15 is 0 Å². The Bertz CT molecular complexity index is 476. The number of likely N-dealkylation sites (tertiary alicyclic amines) is 1.